The van der Waals surface area contributed by atoms with Gasteiger partial charge in [0, 0.05) is 10.5 Å². The first kappa shape index (κ1) is 11.1. The number of nitrogens with zero attached hydrogens (tertiary/aromatic N) is 3. The predicted molar refractivity (Wildman–Crippen MR) is 58.0 cm³/mol. The number of rotatable bonds is 1. The Morgan fingerprint density at radius 3 is 2.85 bits per heavy atom. The van der Waals surface area contributed by atoms with Crippen LogP contribution >= 0.6 is 60.0 Å². The fourth-order valence-electron chi connectivity index (χ4n) is 0.409. The van der Waals surface area contributed by atoms with Gasteiger partial charge in [0.05, 0.1) is 0 Å². The molecule has 0 fully saturated rings. The highest BCUT2D eigenvalue weighted by molar-refractivity contribution is 9.11. The van der Waals surface area contributed by atoms with Crippen LogP contribution in [0.5, 0.6) is 0 Å². The second kappa shape index (κ2) is 5.08. The van der Waals surface area contributed by atoms with Crippen LogP contribution in [-0.4, -0.2) is 4.37 Å². The number of aromatic nitrogens is 1. The molecule has 3 nitrogen and oxygen atoms in total. The van der Waals surface area contributed by atoms with Crippen LogP contribution in [0, 0.1) is 11.3 Å². The van der Waals surface area contributed by atoms with E-state index in [1.807, 2.05) is 0 Å². The molecule has 0 amide bonds. The highest BCUT2D eigenvalue weighted by Crippen LogP contribution is 2.17. The Kier molecular flexibility index (Phi) is 4.35. The van der Waals surface area contributed by atoms with Crippen LogP contribution in [-0.2, 0) is 0 Å². The van der Waals surface area contributed by atoms with E-state index in [9.17, 15) is 0 Å². The quantitative estimate of drug-likeness (QED) is 0.454. The Balaban J connectivity index is 3.19. The third kappa shape index (κ3) is 3.04. The normalized spacial score (nSPS) is 13.8. The largest absolute Gasteiger partial charge is 0.224 e. The minimum Gasteiger partial charge on any atom is -0.224 e. The van der Waals surface area contributed by atoms with Crippen LogP contribution in [0.15, 0.2) is 14.6 Å². The van der Waals surface area contributed by atoms with Crippen LogP contribution in [0.2, 0.25) is 5.15 Å². The van der Waals surface area contributed by atoms with E-state index in [2.05, 4.69) is 25.3 Å². The van der Waals surface area contributed by atoms with E-state index in [1.54, 1.807) is 6.07 Å². The van der Waals surface area contributed by atoms with E-state index < -0.39 is 0 Å². The summed E-state index contributed by atoms with van der Waals surface area (Å²) in [6.07, 6.45) is 0. The summed E-state index contributed by atoms with van der Waals surface area (Å²) in [6, 6.07) is 1.75. The SMILES string of the molecule is N#C/C(Cl)=C(Br)\N=c1\ssnc1Cl. The first-order valence-electron chi connectivity index (χ1n) is 2.76. The van der Waals surface area contributed by atoms with Crippen LogP contribution in [0.4, 0.5) is 0 Å². The van der Waals surface area contributed by atoms with Crippen molar-refractivity contribution in [1.82, 2.24) is 4.37 Å². The van der Waals surface area contributed by atoms with E-state index >= 15 is 0 Å². The van der Waals surface area contributed by atoms with Gasteiger partial charge in [-0.1, -0.05) is 23.2 Å². The van der Waals surface area contributed by atoms with Crippen molar-refractivity contribution >= 4 is 60.0 Å². The molecule has 0 radical (unpaired) electrons. The van der Waals surface area contributed by atoms with Crippen molar-refractivity contribution in [3.05, 3.63) is 19.5 Å². The summed E-state index contributed by atoms with van der Waals surface area (Å²) < 4.78 is 4.61. The lowest BCUT2D eigenvalue weighted by Gasteiger charge is -1.85. The zero-order valence-electron chi connectivity index (χ0n) is 5.79. The van der Waals surface area contributed by atoms with Gasteiger partial charge in [-0.15, -0.1) is 0 Å². The molecule has 1 rings (SSSR count). The molecule has 0 bridgehead atoms. The van der Waals surface area contributed by atoms with Gasteiger partial charge in [-0.2, -0.15) is 9.64 Å². The number of hydrogen-bond donors (Lipinski definition) is 0. The average Bonchev–Trinajstić information content (AvgIpc) is 2.50. The molecule has 0 aliphatic heterocycles. The van der Waals surface area contributed by atoms with Crippen molar-refractivity contribution in [3.8, 4) is 6.07 Å². The zero-order valence-corrected chi connectivity index (χ0v) is 10.5. The highest BCUT2D eigenvalue weighted by atomic mass is 79.9. The minimum atomic E-state index is -0.0190. The number of hydrogen-bond acceptors (Lipinski definition) is 5. The first-order chi connectivity index (χ1) is 6.15. The topological polar surface area (TPSA) is 49.0 Å². The van der Waals surface area contributed by atoms with Gasteiger partial charge in [-0.05, 0) is 26.3 Å². The summed E-state index contributed by atoms with van der Waals surface area (Å²) >= 11 is 14.2. The smallest absolute Gasteiger partial charge is 0.179 e. The number of allylic oxidation sites excluding steroid dienone is 1. The van der Waals surface area contributed by atoms with Gasteiger partial charge in [0.15, 0.2) is 14.9 Å². The Morgan fingerprint density at radius 1 is 1.69 bits per heavy atom. The molecular weight excluding hydrogens is 317 g/mol. The van der Waals surface area contributed by atoms with Gasteiger partial charge < -0.3 is 0 Å². The lowest BCUT2D eigenvalue weighted by molar-refractivity contribution is 1.35. The lowest BCUT2D eigenvalue weighted by Crippen LogP contribution is -1.93. The molecule has 1 heterocycles. The Morgan fingerprint density at radius 2 is 2.38 bits per heavy atom. The standard InChI is InChI=1S/C5BrCl2N3S2/c6-3(2(7)1-9)10-5-4(8)11-13-12-5/b3-2+,10-5+. The van der Waals surface area contributed by atoms with Crippen molar-refractivity contribution in [1.29, 1.82) is 5.26 Å². The van der Waals surface area contributed by atoms with Crippen molar-refractivity contribution in [2.24, 2.45) is 4.99 Å². The molecule has 0 saturated carbocycles. The highest BCUT2D eigenvalue weighted by Gasteiger charge is 2.01. The summed E-state index contributed by atoms with van der Waals surface area (Å²) in [5, 5.41) is 8.73. The minimum absolute atomic E-state index is 0.0190. The second-order valence-electron chi connectivity index (χ2n) is 1.67. The molecule has 0 aromatic carbocycles. The summed E-state index contributed by atoms with van der Waals surface area (Å²) in [5.74, 6) is 0. The fourth-order valence-corrected chi connectivity index (χ4v) is 2.81. The average molecular weight is 317 g/mol. The monoisotopic (exact) mass is 315 g/mol. The zero-order chi connectivity index (χ0) is 9.84. The van der Waals surface area contributed by atoms with Crippen LogP contribution in [0.3, 0.4) is 0 Å². The van der Waals surface area contributed by atoms with Gasteiger partial charge in [-0.25, -0.2) is 4.99 Å². The van der Waals surface area contributed by atoms with Crippen LogP contribution < -0.4 is 4.67 Å². The Bertz CT molecular complexity index is 441. The van der Waals surface area contributed by atoms with Crippen LogP contribution in [0.1, 0.15) is 0 Å². The second-order valence-corrected chi connectivity index (χ2v) is 4.99. The summed E-state index contributed by atoms with van der Waals surface area (Å²) in [7, 11) is 2.53. The van der Waals surface area contributed by atoms with Gasteiger partial charge in [-0.3, -0.25) is 0 Å². The number of nitriles is 1. The summed E-state index contributed by atoms with van der Waals surface area (Å²) in [6.45, 7) is 0. The molecule has 1 aromatic heterocycles. The molecule has 0 aliphatic rings. The number of halogens is 3. The molecule has 8 heteroatoms. The molecule has 68 valence electrons. The maximum atomic E-state index is 8.43. The van der Waals surface area contributed by atoms with E-state index in [1.165, 1.54) is 20.9 Å². The summed E-state index contributed by atoms with van der Waals surface area (Å²) in [5.41, 5.74) is 0. The molecule has 13 heavy (non-hydrogen) atoms. The molecule has 0 N–H and O–H groups in total. The van der Waals surface area contributed by atoms with Gasteiger partial charge in [0.25, 0.3) is 0 Å². The molecule has 0 unspecified atom stereocenters. The summed E-state index contributed by atoms with van der Waals surface area (Å²) in [4.78, 5) is 3.97. The maximum absolute atomic E-state index is 8.43. The molecule has 0 aliphatic carbocycles. The molecule has 0 spiro atoms. The van der Waals surface area contributed by atoms with Crippen molar-refractivity contribution in [3.63, 3.8) is 0 Å². The van der Waals surface area contributed by atoms with E-state index in [4.69, 9.17) is 28.5 Å². The van der Waals surface area contributed by atoms with Crippen LogP contribution in [0.25, 0.3) is 0 Å². The molecule has 1 aromatic rings. The van der Waals surface area contributed by atoms with Crippen molar-refractivity contribution < 1.29 is 0 Å². The van der Waals surface area contributed by atoms with E-state index in [-0.39, 0.29) is 9.64 Å². The Hall–Kier alpha value is 0.0700. The van der Waals surface area contributed by atoms with Crippen molar-refractivity contribution in [2.75, 3.05) is 0 Å². The lowest BCUT2D eigenvalue weighted by atomic mass is 10.7. The molecule has 0 atom stereocenters. The van der Waals surface area contributed by atoms with Crippen molar-refractivity contribution in [2.45, 2.75) is 0 Å². The van der Waals surface area contributed by atoms with E-state index in [0.29, 0.717) is 9.82 Å². The molecular formula is C5BrCl2N3S2. The van der Waals surface area contributed by atoms with Gasteiger partial charge in [0.1, 0.15) is 10.7 Å². The van der Waals surface area contributed by atoms with Gasteiger partial charge >= 0.3 is 0 Å². The first-order valence-corrected chi connectivity index (χ1v) is 6.42. The third-order valence-corrected chi connectivity index (χ3v) is 4.13. The van der Waals surface area contributed by atoms with Gasteiger partial charge in [0.2, 0.25) is 0 Å². The third-order valence-electron chi connectivity index (χ3n) is 0.889. The Labute approximate surface area is 99.6 Å². The maximum Gasteiger partial charge on any atom is 0.179 e. The molecule has 0 saturated heterocycles. The fraction of sp³-hybridized carbons (Fsp3) is 0. The van der Waals surface area contributed by atoms with E-state index in [0.717, 1.165) is 0 Å². The predicted octanol–water partition coefficient (Wildman–Crippen LogP) is 3.09.